The van der Waals surface area contributed by atoms with Crippen LogP contribution in [0, 0.1) is 0 Å². The molecule has 0 saturated heterocycles. The van der Waals surface area contributed by atoms with Gasteiger partial charge in [-0.25, -0.2) is 5.06 Å². The van der Waals surface area contributed by atoms with Gasteiger partial charge in [-0.1, -0.05) is 30.3 Å². The molecule has 5 heteroatoms. The molecule has 0 unspecified atom stereocenters. The van der Waals surface area contributed by atoms with E-state index < -0.39 is 0 Å². The third kappa shape index (κ3) is 4.06. The lowest BCUT2D eigenvalue weighted by Gasteiger charge is -2.15. The maximum Gasteiger partial charge on any atom is 0.278 e. The van der Waals surface area contributed by atoms with E-state index in [1.54, 1.807) is 19.2 Å². The number of carbonyl (C=O) groups is 1. The number of nitrogens with zero attached hydrogens (tertiary/aromatic N) is 1. The van der Waals surface area contributed by atoms with Crippen molar-refractivity contribution in [2.24, 2.45) is 0 Å². The van der Waals surface area contributed by atoms with Crippen molar-refractivity contribution in [2.75, 3.05) is 14.2 Å². The molecule has 0 heterocycles. The highest BCUT2D eigenvalue weighted by atomic mass is 79.9. The third-order valence-corrected chi connectivity index (χ3v) is 3.67. The van der Waals surface area contributed by atoms with Crippen LogP contribution in [0.25, 0.3) is 0 Å². The molecule has 0 aliphatic rings. The first kappa shape index (κ1) is 15.5. The van der Waals surface area contributed by atoms with Crippen molar-refractivity contribution in [3.8, 4) is 5.75 Å². The Hall–Kier alpha value is -1.85. The van der Waals surface area contributed by atoms with Crippen LogP contribution in [0.1, 0.15) is 15.9 Å². The highest BCUT2D eigenvalue weighted by Crippen LogP contribution is 2.24. The Morgan fingerprint density at radius 1 is 1.19 bits per heavy atom. The van der Waals surface area contributed by atoms with Crippen molar-refractivity contribution in [3.05, 3.63) is 64.1 Å². The molecule has 0 aromatic heterocycles. The van der Waals surface area contributed by atoms with Crippen LogP contribution >= 0.6 is 15.9 Å². The van der Waals surface area contributed by atoms with Gasteiger partial charge in [-0.05, 0) is 39.7 Å². The summed E-state index contributed by atoms with van der Waals surface area (Å²) in [5, 5.41) is 1.17. The Morgan fingerprint density at radius 2 is 1.90 bits per heavy atom. The number of hydrogen-bond donors (Lipinski definition) is 0. The van der Waals surface area contributed by atoms with Gasteiger partial charge in [-0.15, -0.1) is 0 Å². The van der Waals surface area contributed by atoms with Crippen LogP contribution in [-0.4, -0.2) is 25.1 Å². The summed E-state index contributed by atoms with van der Waals surface area (Å²) in [6, 6.07) is 15.2. The second-order valence-corrected chi connectivity index (χ2v) is 5.26. The quantitative estimate of drug-likeness (QED) is 0.773. The number of benzene rings is 2. The molecular formula is C16H16BrNO3. The molecule has 2 aromatic carbocycles. The van der Waals surface area contributed by atoms with E-state index in [2.05, 4.69) is 15.9 Å². The lowest BCUT2D eigenvalue weighted by molar-refractivity contribution is -0.0757. The summed E-state index contributed by atoms with van der Waals surface area (Å²) < 4.78 is 6.42. The molecule has 21 heavy (non-hydrogen) atoms. The van der Waals surface area contributed by atoms with Gasteiger partial charge >= 0.3 is 0 Å². The fourth-order valence-corrected chi connectivity index (χ4v) is 2.17. The van der Waals surface area contributed by atoms with Gasteiger partial charge in [0.1, 0.15) is 12.4 Å². The van der Waals surface area contributed by atoms with E-state index in [-0.39, 0.29) is 5.91 Å². The van der Waals surface area contributed by atoms with E-state index in [0.29, 0.717) is 22.4 Å². The number of ether oxygens (including phenoxy) is 1. The van der Waals surface area contributed by atoms with Crippen LogP contribution in [0.2, 0.25) is 0 Å². The van der Waals surface area contributed by atoms with E-state index in [1.165, 1.54) is 12.2 Å². The molecular weight excluding hydrogens is 334 g/mol. The number of carbonyl (C=O) groups excluding carboxylic acids is 1. The SMILES string of the molecule is CON(C)C(=O)c1cc(OCc2ccccc2)ccc1Br. The van der Waals surface area contributed by atoms with Gasteiger partial charge in [0.2, 0.25) is 0 Å². The molecule has 2 rings (SSSR count). The molecule has 0 aliphatic carbocycles. The van der Waals surface area contributed by atoms with Gasteiger partial charge in [-0.3, -0.25) is 9.63 Å². The Labute approximate surface area is 132 Å². The molecule has 4 nitrogen and oxygen atoms in total. The van der Waals surface area contributed by atoms with Crippen LogP contribution < -0.4 is 4.74 Å². The number of amides is 1. The van der Waals surface area contributed by atoms with Crippen molar-refractivity contribution >= 4 is 21.8 Å². The van der Waals surface area contributed by atoms with Crippen molar-refractivity contribution in [3.63, 3.8) is 0 Å². The number of rotatable bonds is 5. The van der Waals surface area contributed by atoms with E-state index in [9.17, 15) is 4.79 Å². The highest BCUT2D eigenvalue weighted by Gasteiger charge is 2.15. The molecule has 0 bridgehead atoms. The second-order valence-electron chi connectivity index (χ2n) is 4.40. The van der Waals surface area contributed by atoms with Crippen LogP contribution in [0.3, 0.4) is 0 Å². The average Bonchev–Trinajstić information content (AvgIpc) is 2.53. The highest BCUT2D eigenvalue weighted by molar-refractivity contribution is 9.10. The number of hydrogen-bond acceptors (Lipinski definition) is 3. The van der Waals surface area contributed by atoms with Crippen molar-refractivity contribution < 1.29 is 14.4 Å². The zero-order valence-electron chi connectivity index (χ0n) is 11.9. The largest absolute Gasteiger partial charge is 0.489 e. The normalized spacial score (nSPS) is 10.2. The lowest BCUT2D eigenvalue weighted by atomic mass is 10.2. The third-order valence-electron chi connectivity index (χ3n) is 2.98. The standard InChI is InChI=1S/C16H16BrNO3/c1-18(20-2)16(19)14-10-13(8-9-15(14)17)21-11-12-6-4-3-5-7-12/h3-10H,11H2,1-2H3. The van der Waals surface area contributed by atoms with Crippen LogP contribution in [0.15, 0.2) is 53.0 Å². The minimum atomic E-state index is -0.241. The summed E-state index contributed by atoms with van der Waals surface area (Å²) in [6.07, 6.45) is 0. The molecule has 0 atom stereocenters. The van der Waals surface area contributed by atoms with E-state index in [1.807, 2.05) is 36.4 Å². The predicted molar refractivity (Wildman–Crippen MR) is 84.0 cm³/mol. The molecule has 110 valence electrons. The summed E-state index contributed by atoms with van der Waals surface area (Å²) in [5.41, 5.74) is 1.56. The van der Waals surface area contributed by atoms with Crippen LogP contribution in [-0.2, 0) is 11.4 Å². The van der Waals surface area contributed by atoms with E-state index >= 15 is 0 Å². The number of halogens is 1. The maximum atomic E-state index is 12.1. The Kier molecular flexibility index (Phi) is 5.36. The summed E-state index contributed by atoms with van der Waals surface area (Å²) >= 11 is 3.37. The molecule has 0 saturated carbocycles. The van der Waals surface area contributed by atoms with Gasteiger partial charge in [-0.2, -0.15) is 0 Å². The van der Waals surface area contributed by atoms with Gasteiger partial charge in [0, 0.05) is 11.5 Å². The Bertz CT molecular complexity index is 616. The summed E-state index contributed by atoms with van der Waals surface area (Å²) in [7, 11) is 3.01. The predicted octanol–water partition coefficient (Wildman–Crippen LogP) is 3.66. The van der Waals surface area contributed by atoms with Gasteiger partial charge in [0.15, 0.2) is 0 Å². The minimum Gasteiger partial charge on any atom is -0.489 e. The molecule has 0 spiro atoms. The molecule has 0 N–H and O–H groups in total. The lowest BCUT2D eigenvalue weighted by Crippen LogP contribution is -2.25. The topological polar surface area (TPSA) is 38.8 Å². The molecule has 0 aliphatic heterocycles. The van der Waals surface area contributed by atoms with Crippen molar-refractivity contribution in [1.82, 2.24) is 5.06 Å². The summed E-state index contributed by atoms with van der Waals surface area (Å²) in [5.74, 6) is 0.393. The Balaban J connectivity index is 2.13. The average molecular weight is 350 g/mol. The molecule has 0 radical (unpaired) electrons. The zero-order valence-corrected chi connectivity index (χ0v) is 13.5. The Morgan fingerprint density at radius 3 is 2.57 bits per heavy atom. The van der Waals surface area contributed by atoms with Gasteiger partial charge in [0.25, 0.3) is 5.91 Å². The first-order valence-electron chi connectivity index (χ1n) is 6.40. The monoisotopic (exact) mass is 349 g/mol. The zero-order chi connectivity index (χ0) is 15.2. The van der Waals surface area contributed by atoms with Crippen LogP contribution in [0.4, 0.5) is 0 Å². The molecule has 0 fully saturated rings. The fourth-order valence-electron chi connectivity index (χ4n) is 1.75. The number of hydroxylamine groups is 2. The molecule has 2 aromatic rings. The van der Waals surface area contributed by atoms with Gasteiger partial charge in [0.05, 0.1) is 12.7 Å². The summed E-state index contributed by atoms with van der Waals surface area (Å²) in [6.45, 7) is 0.455. The van der Waals surface area contributed by atoms with E-state index in [4.69, 9.17) is 9.57 Å². The fraction of sp³-hybridized carbons (Fsp3) is 0.188. The maximum absolute atomic E-state index is 12.1. The van der Waals surface area contributed by atoms with Crippen LogP contribution in [0.5, 0.6) is 5.75 Å². The summed E-state index contributed by atoms with van der Waals surface area (Å²) in [4.78, 5) is 17.1. The van der Waals surface area contributed by atoms with Gasteiger partial charge < -0.3 is 4.74 Å². The minimum absolute atomic E-state index is 0.241. The first-order chi connectivity index (χ1) is 10.1. The second kappa shape index (κ2) is 7.24. The first-order valence-corrected chi connectivity index (χ1v) is 7.19. The van der Waals surface area contributed by atoms with Crippen molar-refractivity contribution in [1.29, 1.82) is 0 Å². The molecule has 1 amide bonds. The smallest absolute Gasteiger partial charge is 0.278 e. The van der Waals surface area contributed by atoms with Crippen molar-refractivity contribution in [2.45, 2.75) is 6.61 Å². The van der Waals surface area contributed by atoms with E-state index in [0.717, 1.165) is 5.56 Å².